The van der Waals surface area contributed by atoms with Gasteiger partial charge in [0.1, 0.15) is 23.9 Å². The molecule has 0 spiro atoms. The number of benzene rings is 1. The largest absolute Gasteiger partial charge is 0.508 e. The zero-order valence-electron chi connectivity index (χ0n) is 20.7. The molecule has 0 aliphatic rings. The van der Waals surface area contributed by atoms with E-state index in [0.717, 1.165) is 0 Å². The van der Waals surface area contributed by atoms with Gasteiger partial charge in [-0.1, -0.05) is 12.1 Å². The lowest BCUT2D eigenvalue weighted by Gasteiger charge is -2.25. The highest BCUT2D eigenvalue weighted by Crippen LogP contribution is 2.11. The lowest BCUT2D eigenvalue weighted by atomic mass is 10.0. The van der Waals surface area contributed by atoms with E-state index in [1.807, 2.05) is 5.32 Å². The first-order valence-corrected chi connectivity index (χ1v) is 12.9. The van der Waals surface area contributed by atoms with Gasteiger partial charge in [-0.2, -0.15) is 11.8 Å². The Balaban J connectivity index is 2.99. The molecule has 210 valence electrons. The summed E-state index contributed by atoms with van der Waals surface area (Å²) in [6.45, 7) is 0. The quantitative estimate of drug-likeness (QED) is 0.107. The van der Waals surface area contributed by atoms with Crippen LogP contribution in [0.5, 0.6) is 5.75 Å². The van der Waals surface area contributed by atoms with E-state index in [0.29, 0.717) is 11.3 Å². The molecule has 0 aromatic heterocycles. The zero-order chi connectivity index (χ0) is 28.8. The maximum atomic E-state index is 13.0. The molecular formula is C23H33N5O9S. The first kappa shape index (κ1) is 32.2. The second-order valence-electron chi connectivity index (χ2n) is 8.38. The number of phenols is 1. The van der Waals surface area contributed by atoms with Gasteiger partial charge in [0.05, 0.1) is 12.5 Å². The minimum atomic E-state index is -1.78. The van der Waals surface area contributed by atoms with Gasteiger partial charge in [0.2, 0.25) is 23.6 Å². The first-order valence-electron chi connectivity index (χ1n) is 11.5. The van der Waals surface area contributed by atoms with Gasteiger partial charge in [0, 0.05) is 6.42 Å². The highest BCUT2D eigenvalue weighted by atomic mass is 32.2. The van der Waals surface area contributed by atoms with Crippen LogP contribution in [0.2, 0.25) is 0 Å². The van der Waals surface area contributed by atoms with Crippen molar-refractivity contribution in [1.29, 1.82) is 0 Å². The standard InChI is InChI=1S/C23H33N5O9S/c1-38-9-8-16(26-20(33)14(24)10-12-2-4-13(29)5-3-12)22(35)27-15(6-7-18(25)30)21(34)28-17(23(36)37)11-19(31)32/h2-5,14-17,29H,6-11,24H2,1H3,(H2,25,30)(H,26,33)(H,27,35)(H,28,34)(H,31,32)(H,36,37). The lowest BCUT2D eigenvalue weighted by molar-refractivity contribution is -0.147. The summed E-state index contributed by atoms with van der Waals surface area (Å²) >= 11 is 1.40. The Kier molecular flexibility index (Phi) is 13.6. The SMILES string of the molecule is CSCCC(NC(=O)C(N)Cc1ccc(O)cc1)C(=O)NC(CCC(N)=O)C(=O)NC(CC(=O)O)C(=O)O. The van der Waals surface area contributed by atoms with Crippen LogP contribution >= 0.6 is 11.8 Å². The number of carbonyl (C=O) groups excluding carboxylic acids is 4. The fourth-order valence-electron chi connectivity index (χ4n) is 3.24. The Morgan fingerprint density at radius 2 is 1.39 bits per heavy atom. The predicted octanol–water partition coefficient (Wildman–Crippen LogP) is -1.71. The van der Waals surface area contributed by atoms with Crippen LogP contribution in [-0.2, 0) is 35.2 Å². The van der Waals surface area contributed by atoms with Crippen LogP contribution in [0.4, 0.5) is 0 Å². The van der Waals surface area contributed by atoms with Gasteiger partial charge in [-0.15, -0.1) is 0 Å². The Bertz CT molecular complexity index is 1010. The molecule has 0 radical (unpaired) electrons. The zero-order valence-corrected chi connectivity index (χ0v) is 21.5. The molecule has 1 rings (SSSR count). The van der Waals surface area contributed by atoms with Crippen molar-refractivity contribution in [3.63, 3.8) is 0 Å². The molecule has 0 saturated carbocycles. The number of phenolic OH excluding ortho intramolecular Hbond substituents is 1. The van der Waals surface area contributed by atoms with Crippen LogP contribution < -0.4 is 27.4 Å². The lowest BCUT2D eigenvalue weighted by Crippen LogP contribution is -2.57. The number of amides is 4. The number of aromatic hydroxyl groups is 1. The summed E-state index contributed by atoms with van der Waals surface area (Å²) in [5, 5.41) is 34.4. The minimum absolute atomic E-state index is 0.0492. The molecule has 4 amide bonds. The number of primary amides is 1. The van der Waals surface area contributed by atoms with Crippen LogP contribution in [0.25, 0.3) is 0 Å². The third-order valence-electron chi connectivity index (χ3n) is 5.28. The molecule has 0 heterocycles. The molecule has 1 aromatic rings. The average molecular weight is 556 g/mol. The van der Waals surface area contributed by atoms with Gasteiger partial charge in [-0.3, -0.25) is 24.0 Å². The molecular weight excluding hydrogens is 522 g/mol. The normalized spacial score (nSPS) is 13.8. The molecule has 10 N–H and O–H groups in total. The van der Waals surface area contributed by atoms with Crippen molar-refractivity contribution in [2.45, 2.75) is 56.3 Å². The second kappa shape index (κ2) is 16.1. The number of aliphatic carboxylic acids is 2. The van der Waals surface area contributed by atoms with Gasteiger partial charge < -0.3 is 42.7 Å². The summed E-state index contributed by atoms with van der Waals surface area (Å²) in [6.07, 6.45) is 0.510. The Morgan fingerprint density at radius 3 is 1.89 bits per heavy atom. The third kappa shape index (κ3) is 11.9. The molecule has 38 heavy (non-hydrogen) atoms. The highest BCUT2D eigenvalue weighted by molar-refractivity contribution is 7.98. The summed E-state index contributed by atoms with van der Waals surface area (Å²) < 4.78 is 0. The molecule has 0 fully saturated rings. The molecule has 1 aromatic carbocycles. The third-order valence-corrected chi connectivity index (χ3v) is 5.92. The van der Waals surface area contributed by atoms with E-state index in [1.165, 1.54) is 23.9 Å². The van der Waals surface area contributed by atoms with Crippen molar-refractivity contribution < 1.29 is 44.1 Å². The van der Waals surface area contributed by atoms with Gasteiger partial charge in [0.25, 0.3) is 0 Å². The van der Waals surface area contributed by atoms with E-state index in [1.54, 1.807) is 18.4 Å². The van der Waals surface area contributed by atoms with Crippen molar-refractivity contribution in [1.82, 2.24) is 16.0 Å². The molecule has 14 nitrogen and oxygen atoms in total. The van der Waals surface area contributed by atoms with Crippen LogP contribution in [-0.4, -0.2) is 87.1 Å². The predicted molar refractivity (Wildman–Crippen MR) is 137 cm³/mol. The number of carbonyl (C=O) groups is 6. The van der Waals surface area contributed by atoms with Gasteiger partial charge in [-0.25, -0.2) is 4.79 Å². The minimum Gasteiger partial charge on any atom is -0.508 e. The summed E-state index contributed by atoms with van der Waals surface area (Å²) in [6, 6.07) is 0.690. The number of carboxylic acids is 2. The van der Waals surface area contributed by atoms with Crippen molar-refractivity contribution >= 4 is 47.3 Å². The smallest absolute Gasteiger partial charge is 0.326 e. The number of rotatable bonds is 17. The highest BCUT2D eigenvalue weighted by Gasteiger charge is 2.31. The van der Waals surface area contributed by atoms with Crippen LogP contribution in [0, 0.1) is 0 Å². The maximum absolute atomic E-state index is 13.0. The van der Waals surface area contributed by atoms with Crippen LogP contribution in [0.3, 0.4) is 0 Å². The molecule has 0 saturated heterocycles. The number of thioether (sulfide) groups is 1. The van der Waals surface area contributed by atoms with E-state index >= 15 is 0 Å². The fourth-order valence-corrected chi connectivity index (χ4v) is 3.71. The fraction of sp³-hybridized carbons (Fsp3) is 0.478. The Hall–Kier alpha value is -3.85. The van der Waals surface area contributed by atoms with Crippen molar-refractivity contribution in [2.24, 2.45) is 11.5 Å². The van der Waals surface area contributed by atoms with Gasteiger partial charge in [0.15, 0.2) is 0 Å². The van der Waals surface area contributed by atoms with E-state index in [-0.39, 0.29) is 31.4 Å². The van der Waals surface area contributed by atoms with Gasteiger partial charge in [-0.05, 0) is 49.0 Å². The molecule has 15 heteroatoms. The van der Waals surface area contributed by atoms with Crippen molar-refractivity contribution in [2.75, 3.05) is 12.0 Å². The maximum Gasteiger partial charge on any atom is 0.326 e. The summed E-state index contributed by atoms with van der Waals surface area (Å²) in [7, 11) is 0. The summed E-state index contributed by atoms with van der Waals surface area (Å²) in [4.78, 5) is 72.0. The van der Waals surface area contributed by atoms with Crippen LogP contribution in [0.15, 0.2) is 24.3 Å². The Morgan fingerprint density at radius 1 is 0.868 bits per heavy atom. The van der Waals surface area contributed by atoms with E-state index in [4.69, 9.17) is 16.6 Å². The van der Waals surface area contributed by atoms with Crippen LogP contribution in [0.1, 0.15) is 31.2 Å². The molecule has 0 bridgehead atoms. The molecule has 0 aliphatic heterocycles. The van der Waals surface area contributed by atoms with E-state index in [9.17, 15) is 39.0 Å². The van der Waals surface area contributed by atoms with Gasteiger partial charge >= 0.3 is 11.9 Å². The number of hydrogen-bond donors (Lipinski definition) is 8. The summed E-state index contributed by atoms with van der Waals surface area (Å²) in [5.41, 5.74) is 11.8. The second-order valence-corrected chi connectivity index (χ2v) is 9.37. The van der Waals surface area contributed by atoms with E-state index < -0.39 is 66.2 Å². The van der Waals surface area contributed by atoms with E-state index in [2.05, 4.69) is 10.6 Å². The molecule has 4 atom stereocenters. The number of nitrogens with two attached hydrogens (primary N) is 2. The average Bonchev–Trinajstić information content (AvgIpc) is 2.84. The first-order chi connectivity index (χ1) is 17.8. The Labute approximate surface area is 222 Å². The number of hydrogen-bond acceptors (Lipinski definition) is 9. The number of carboxylic acid groups (broad SMARTS) is 2. The molecule has 0 aliphatic carbocycles. The number of nitrogens with one attached hydrogen (secondary N) is 3. The topological polar surface area (TPSA) is 251 Å². The van der Waals surface area contributed by atoms with Crippen molar-refractivity contribution in [3.8, 4) is 5.75 Å². The monoisotopic (exact) mass is 555 g/mol. The summed E-state index contributed by atoms with van der Waals surface area (Å²) in [5.74, 6) is -5.84. The van der Waals surface area contributed by atoms with Crippen molar-refractivity contribution in [3.05, 3.63) is 29.8 Å². The molecule has 4 unspecified atom stereocenters.